The standard InChI is InChI=1S/C14H21NO2S/c1-8-4-5-12(14(16)17)11(6-8)7-13-15-9(2)10(3)18-13/h8,11-12H,4-7H2,1-3H3,(H,16,17). The highest BCUT2D eigenvalue weighted by atomic mass is 32.1. The molecule has 0 aromatic carbocycles. The maximum atomic E-state index is 11.3. The zero-order valence-corrected chi connectivity index (χ0v) is 12.1. The Morgan fingerprint density at radius 1 is 1.44 bits per heavy atom. The molecular formula is C14H21NO2S. The van der Waals surface area contributed by atoms with E-state index in [1.807, 2.05) is 6.92 Å². The minimum absolute atomic E-state index is 0.175. The van der Waals surface area contributed by atoms with Gasteiger partial charge in [0.1, 0.15) is 0 Å². The highest BCUT2D eigenvalue weighted by Crippen LogP contribution is 2.36. The Hall–Kier alpha value is -0.900. The number of aromatic nitrogens is 1. The molecule has 0 radical (unpaired) electrons. The smallest absolute Gasteiger partial charge is 0.306 e. The summed E-state index contributed by atoms with van der Waals surface area (Å²) in [5.74, 6) is 0.103. The van der Waals surface area contributed by atoms with Gasteiger partial charge in [-0.1, -0.05) is 6.92 Å². The Labute approximate surface area is 112 Å². The summed E-state index contributed by atoms with van der Waals surface area (Å²) >= 11 is 1.72. The molecule has 0 amide bonds. The van der Waals surface area contributed by atoms with Crippen LogP contribution in [0, 0.1) is 31.6 Å². The Morgan fingerprint density at radius 3 is 2.72 bits per heavy atom. The van der Waals surface area contributed by atoms with E-state index in [2.05, 4.69) is 18.8 Å². The third-order valence-electron chi connectivity index (χ3n) is 4.07. The van der Waals surface area contributed by atoms with Crippen molar-refractivity contribution in [1.82, 2.24) is 4.98 Å². The predicted octanol–water partition coefficient (Wildman–Crippen LogP) is 3.44. The van der Waals surface area contributed by atoms with E-state index in [1.54, 1.807) is 11.3 Å². The van der Waals surface area contributed by atoms with Crippen LogP contribution < -0.4 is 0 Å². The fourth-order valence-electron chi connectivity index (χ4n) is 2.90. The van der Waals surface area contributed by atoms with Crippen LogP contribution in [-0.2, 0) is 11.2 Å². The van der Waals surface area contributed by atoms with Crippen molar-refractivity contribution >= 4 is 17.3 Å². The maximum Gasteiger partial charge on any atom is 0.306 e. The number of hydrogen-bond donors (Lipinski definition) is 1. The number of carbonyl (C=O) groups is 1. The van der Waals surface area contributed by atoms with E-state index in [-0.39, 0.29) is 11.8 Å². The van der Waals surface area contributed by atoms with Gasteiger partial charge in [0.15, 0.2) is 0 Å². The van der Waals surface area contributed by atoms with Crippen molar-refractivity contribution in [3.63, 3.8) is 0 Å². The van der Waals surface area contributed by atoms with Gasteiger partial charge in [0, 0.05) is 11.3 Å². The summed E-state index contributed by atoms with van der Waals surface area (Å²) in [4.78, 5) is 17.1. The average Bonchev–Trinajstić information content (AvgIpc) is 2.57. The van der Waals surface area contributed by atoms with Gasteiger partial charge in [0.2, 0.25) is 0 Å². The number of thiazole rings is 1. The second kappa shape index (κ2) is 5.39. The van der Waals surface area contributed by atoms with E-state index >= 15 is 0 Å². The lowest BCUT2D eigenvalue weighted by molar-refractivity contribution is -0.145. The molecular weight excluding hydrogens is 246 g/mol. The van der Waals surface area contributed by atoms with E-state index in [0.717, 1.165) is 36.4 Å². The number of carboxylic acids is 1. The Bertz CT molecular complexity index is 422. The molecule has 1 aromatic heterocycles. The molecule has 2 rings (SSSR count). The Kier molecular flexibility index (Phi) is 4.05. The van der Waals surface area contributed by atoms with Crippen LogP contribution in [0.5, 0.6) is 0 Å². The molecule has 100 valence electrons. The van der Waals surface area contributed by atoms with Crippen molar-refractivity contribution in [3.8, 4) is 0 Å². The quantitative estimate of drug-likeness (QED) is 0.912. The van der Waals surface area contributed by atoms with E-state index in [1.165, 1.54) is 4.88 Å². The van der Waals surface area contributed by atoms with Gasteiger partial charge >= 0.3 is 5.97 Å². The summed E-state index contributed by atoms with van der Waals surface area (Å²) in [6.07, 6.45) is 3.73. The number of nitrogens with zero attached hydrogens (tertiary/aromatic N) is 1. The van der Waals surface area contributed by atoms with Crippen LogP contribution in [0.3, 0.4) is 0 Å². The highest BCUT2D eigenvalue weighted by molar-refractivity contribution is 7.11. The Morgan fingerprint density at radius 2 is 2.17 bits per heavy atom. The monoisotopic (exact) mass is 267 g/mol. The number of hydrogen-bond acceptors (Lipinski definition) is 3. The molecule has 0 aliphatic heterocycles. The Balaban J connectivity index is 2.11. The van der Waals surface area contributed by atoms with Crippen molar-refractivity contribution in [2.45, 2.75) is 46.5 Å². The molecule has 1 fully saturated rings. The molecule has 0 bridgehead atoms. The van der Waals surface area contributed by atoms with Gasteiger partial charge in [-0.3, -0.25) is 4.79 Å². The molecule has 1 aliphatic carbocycles. The topological polar surface area (TPSA) is 50.2 Å². The predicted molar refractivity (Wildman–Crippen MR) is 72.9 cm³/mol. The van der Waals surface area contributed by atoms with E-state index in [0.29, 0.717) is 5.92 Å². The second-order valence-electron chi connectivity index (χ2n) is 5.58. The number of aliphatic carboxylic acids is 1. The molecule has 3 atom stereocenters. The number of carboxylic acid groups (broad SMARTS) is 1. The van der Waals surface area contributed by atoms with Crippen molar-refractivity contribution in [1.29, 1.82) is 0 Å². The van der Waals surface area contributed by atoms with Gasteiger partial charge in [-0.05, 0) is 44.9 Å². The van der Waals surface area contributed by atoms with Gasteiger partial charge in [-0.25, -0.2) is 4.98 Å². The van der Waals surface area contributed by atoms with Crippen LogP contribution in [0.15, 0.2) is 0 Å². The summed E-state index contributed by atoms with van der Waals surface area (Å²) in [7, 11) is 0. The van der Waals surface area contributed by atoms with Gasteiger partial charge < -0.3 is 5.11 Å². The highest BCUT2D eigenvalue weighted by Gasteiger charge is 2.34. The van der Waals surface area contributed by atoms with E-state index < -0.39 is 5.97 Å². The summed E-state index contributed by atoms with van der Waals surface area (Å²) in [6.45, 7) is 6.33. The molecule has 3 unspecified atom stereocenters. The van der Waals surface area contributed by atoms with Crippen molar-refractivity contribution in [2.24, 2.45) is 17.8 Å². The lowest BCUT2D eigenvalue weighted by Crippen LogP contribution is -2.31. The molecule has 1 saturated carbocycles. The fourth-order valence-corrected chi connectivity index (χ4v) is 3.93. The van der Waals surface area contributed by atoms with E-state index in [4.69, 9.17) is 0 Å². The molecule has 3 nitrogen and oxygen atoms in total. The van der Waals surface area contributed by atoms with Gasteiger partial charge in [0.25, 0.3) is 0 Å². The molecule has 1 aliphatic rings. The van der Waals surface area contributed by atoms with Gasteiger partial charge in [0.05, 0.1) is 16.6 Å². The third kappa shape index (κ3) is 2.91. The van der Waals surface area contributed by atoms with Gasteiger partial charge in [-0.15, -0.1) is 11.3 Å². The van der Waals surface area contributed by atoms with Crippen LogP contribution in [0.2, 0.25) is 0 Å². The summed E-state index contributed by atoms with van der Waals surface area (Å²) < 4.78 is 0. The van der Waals surface area contributed by atoms with Gasteiger partial charge in [-0.2, -0.15) is 0 Å². The maximum absolute atomic E-state index is 11.3. The number of rotatable bonds is 3. The minimum Gasteiger partial charge on any atom is -0.481 e. The molecule has 1 aromatic rings. The van der Waals surface area contributed by atoms with Crippen molar-refractivity contribution in [2.75, 3.05) is 0 Å². The molecule has 18 heavy (non-hydrogen) atoms. The zero-order valence-electron chi connectivity index (χ0n) is 11.3. The van der Waals surface area contributed by atoms with Crippen LogP contribution in [0.4, 0.5) is 0 Å². The first-order valence-corrected chi connectivity index (χ1v) is 7.44. The second-order valence-corrected chi connectivity index (χ2v) is 6.86. The molecule has 0 spiro atoms. The zero-order chi connectivity index (χ0) is 13.3. The van der Waals surface area contributed by atoms with Crippen molar-refractivity contribution < 1.29 is 9.90 Å². The molecule has 4 heteroatoms. The van der Waals surface area contributed by atoms with Crippen molar-refractivity contribution in [3.05, 3.63) is 15.6 Å². The van der Waals surface area contributed by atoms with Crippen LogP contribution in [0.1, 0.15) is 41.8 Å². The van der Waals surface area contributed by atoms with E-state index in [9.17, 15) is 9.90 Å². The van der Waals surface area contributed by atoms with Crippen LogP contribution in [0.25, 0.3) is 0 Å². The van der Waals surface area contributed by atoms with Crippen LogP contribution >= 0.6 is 11.3 Å². The molecule has 1 N–H and O–H groups in total. The molecule has 0 saturated heterocycles. The first kappa shape index (κ1) is 13.5. The minimum atomic E-state index is -0.628. The fraction of sp³-hybridized carbons (Fsp3) is 0.714. The summed E-state index contributed by atoms with van der Waals surface area (Å²) in [6, 6.07) is 0. The summed E-state index contributed by atoms with van der Waals surface area (Å²) in [5.41, 5.74) is 1.09. The van der Waals surface area contributed by atoms with Crippen LogP contribution in [-0.4, -0.2) is 16.1 Å². The molecule has 1 heterocycles. The lowest BCUT2D eigenvalue weighted by atomic mass is 9.73. The number of aryl methyl sites for hydroxylation is 2. The lowest BCUT2D eigenvalue weighted by Gasteiger charge is -2.31. The first-order valence-electron chi connectivity index (χ1n) is 6.63. The average molecular weight is 267 g/mol. The normalized spacial score (nSPS) is 28.3. The third-order valence-corrected chi connectivity index (χ3v) is 5.17. The SMILES string of the molecule is Cc1nc(CC2CC(C)CCC2C(=O)O)sc1C. The largest absolute Gasteiger partial charge is 0.481 e. The summed E-state index contributed by atoms with van der Waals surface area (Å²) in [5, 5.41) is 10.4. The first-order chi connectivity index (χ1) is 8.47.